The maximum atomic E-state index is 5.45. The molecule has 1 aliphatic rings. The quantitative estimate of drug-likeness (QED) is 0.509. The van der Waals surface area contributed by atoms with E-state index < -0.39 is 0 Å². The van der Waals surface area contributed by atoms with E-state index in [0.717, 1.165) is 32.6 Å². The molecular weight excluding hydrogens is 202 g/mol. The topological polar surface area (TPSA) is 30.5 Å². The molecule has 2 atom stereocenters. The fourth-order valence-electron chi connectivity index (χ4n) is 2.15. The van der Waals surface area contributed by atoms with Crippen molar-refractivity contribution in [3.8, 4) is 0 Å². The fourth-order valence-corrected chi connectivity index (χ4v) is 2.15. The Hall–Kier alpha value is -0.380. The third kappa shape index (κ3) is 5.64. The lowest BCUT2D eigenvalue weighted by Crippen LogP contribution is -2.38. The molecule has 0 aromatic carbocycles. The summed E-state index contributed by atoms with van der Waals surface area (Å²) in [5.41, 5.74) is 0. The molecule has 3 nitrogen and oxygen atoms in total. The van der Waals surface area contributed by atoms with E-state index in [9.17, 15) is 0 Å². The molecule has 1 N–H and O–H groups in total. The van der Waals surface area contributed by atoms with Crippen LogP contribution in [0.2, 0.25) is 0 Å². The number of ether oxygens (including phenoxy) is 2. The van der Waals surface area contributed by atoms with Gasteiger partial charge in [0.1, 0.15) is 0 Å². The second kappa shape index (κ2) is 8.74. The average Bonchev–Trinajstić information content (AvgIpc) is 2.34. The number of rotatable bonds is 8. The summed E-state index contributed by atoms with van der Waals surface area (Å²) in [5.74, 6) is 0. The van der Waals surface area contributed by atoms with Crippen LogP contribution in [0.5, 0.6) is 0 Å². The minimum Gasteiger partial charge on any atom is -0.381 e. The van der Waals surface area contributed by atoms with Crippen molar-refractivity contribution in [3.05, 3.63) is 12.7 Å². The summed E-state index contributed by atoms with van der Waals surface area (Å²) >= 11 is 0. The normalized spacial score (nSPS) is 25.6. The highest BCUT2D eigenvalue weighted by Gasteiger charge is 2.20. The Morgan fingerprint density at radius 3 is 3.00 bits per heavy atom. The van der Waals surface area contributed by atoms with Gasteiger partial charge in [0.15, 0.2) is 0 Å². The van der Waals surface area contributed by atoms with Gasteiger partial charge in [-0.15, -0.1) is 6.58 Å². The van der Waals surface area contributed by atoms with Gasteiger partial charge in [0.2, 0.25) is 0 Å². The monoisotopic (exact) mass is 227 g/mol. The number of hydrogen-bond donors (Lipinski definition) is 1. The van der Waals surface area contributed by atoms with Gasteiger partial charge in [-0.25, -0.2) is 0 Å². The van der Waals surface area contributed by atoms with Crippen LogP contribution in [0.1, 0.15) is 32.1 Å². The summed E-state index contributed by atoms with van der Waals surface area (Å²) in [6.45, 7) is 6.18. The molecule has 16 heavy (non-hydrogen) atoms. The van der Waals surface area contributed by atoms with Crippen molar-refractivity contribution in [2.45, 2.75) is 44.2 Å². The SMILES string of the molecule is C=CCCOCCNC1CCCC(OC)C1. The van der Waals surface area contributed by atoms with E-state index in [2.05, 4.69) is 11.9 Å². The predicted octanol–water partition coefficient (Wildman–Crippen LogP) is 2.13. The molecule has 2 unspecified atom stereocenters. The maximum absolute atomic E-state index is 5.45. The number of hydrogen-bond acceptors (Lipinski definition) is 3. The van der Waals surface area contributed by atoms with Crippen molar-refractivity contribution >= 4 is 0 Å². The van der Waals surface area contributed by atoms with Crippen LogP contribution in [0.25, 0.3) is 0 Å². The third-order valence-corrected chi connectivity index (χ3v) is 3.11. The summed E-state index contributed by atoms with van der Waals surface area (Å²) in [4.78, 5) is 0. The second-order valence-electron chi connectivity index (χ2n) is 4.37. The first kappa shape index (κ1) is 13.7. The average molecular weight is 227 g/mol. The molecule has 0 saturated heterocycles. The summed E-state index contributed by atoms with van der Waals surface area (Å²) in [7, 11) is 1.81. The van der Waals surface area contributed by atoms with E-state index >= 15 is 0 Å². The van der Waals surface area contributed by atoms with Crippen LogP contribution in [-0.4, -0.2) is 39.0 Å². The van der Waals surface area contributed by atoms with Gasteiger partial charge < -0.3 is 14.8 Å². The lowest BCUT2D eigenvalue weighted by molar-refractivity contribution is 0.0565. The van der Waals surface area contributed by atoms with Gasteiger partial charge in [0.25, 0.3) is 0 Å². The van der Waals surface area contributed by atoms with E-state index in [1.165, 1.54) is 19.3 Å². The minimum absolute atomic E-state index is 0.452. The van der Waals surface area contributed by atoms with Gasteiger partial charge >= 0.3 is 0 Å². The minimum atomic E-state index is 0.452. The van der Waals surface area contributed by atoms with Crippen molar-refractivity contribution in [1.82, 2.24) is 5.32 Å². The molecule has 3 heteroatoms. The molecule has 0 aliphatic heterocycles. The molecule has 94 valence electrons. The Balaban J connectivity index is 1.97. The number of nitrogens with one attached hydrogen (secondary N) is 1. The lowest BCUT2D eigenvalue weighted by Gasteiger charge is -2.28. The Morgan fingerprint density at radius 1 is 1.38 bits per heavy atom. The third-order valence-electron chi connectivity index (χ3n) is 3.11. The standard InChI is InChI=1S/C13H25NO2/c1-3-4-9-16-10-8-14-12-6-5-7-13(11-12)15-2/h3,12-14H,1,4-11H2,2H3. The van der Waals surface area contributed by atoms with Crippen molar-refractivity contribution in [2.75, 3.05) is 26.9 Å². The van der Waals surface area contributed by atoms with Crippen molar-refractivity contribution in [3.63, 3.8) is 0 Å². The predicted molar refractivity (Wildman–Crippen MR) is 66.7 cm³/mol. The van der Waals surface area contributed by atoms with Crippen LogP contribution in [0, 0.1) is 0 Å². The van der Waals surface area contributed by atoms with E-state index in [4.69, 9.17) is 9.47 Å². The molecule has 1 rings (SSSR count). The first-order valence-electron chi connectivity index (χ1n) is 6.31. The highest BCUT2D eigenvalue weighted by molar-refractivity contribution is 4.78. The van der Waals surface area contributed by atoms with Crippen molar-refractivity contribution in [1.29, 1.82) is 0 Å². The fraction of sp³-hybridized carbons (Fsp3) is 0.846. The van der Waals surface area contributed by atoms with Crippen LogP contribution in [-0.2, 0) is 9.47 Å². The molecule has 0 bridgehead atoms. The van der Waals surface area contributed by atoms with Gasteiger partial charge in [0, 0.05) is 19.7 Å². The largest absolute Gasteiger partial charge is 0.381 e. The smallest absolute Gasteiger partial charge is 0.0591 e. The molecule has 0 heterocycles. The van der Waals surface area contributed by atoms with E-state index in [0.29, 0.717) is 12.1 Å². The number of methoxy groups -OCH3 is 1. The second-order valence-corrected chi connectivity index (χ2v) is 4.37. The van der Waals surface area contributed by atoms with Crippen LogP contribution in [0.15, 0.2) is 12.7 Å². The summed E-state index contributed by atoms with van der Waals surface area (Å²) in [5, 5.41) is 3.53. The zero-order valence-corrected chi connectivity index (χ0v) is 10.4. The Bertz CT molecular complexity index is 185. The molecule has 1 fully saturated rings. The Morgan fingerprint density at radius 2 is 2.25 bits per heavy atom. The molecule has 0 radical (unpaired) electrons. The van der Waals surface area contributed by atoms with E-state index in [1.54, 1.807) is 0 Å². The Kier molecular flexibility index (Phi) is 7.47. The first-order valence-corrected chi connectivity index (χ1v) is 6.31. The highest BCUT2D eigenvalue weighted by atomic mass is 16.5. The lowest BCUT2D eigenvalue weighted by atomic mass is 9.93. The van der Waals surface area contributed by atoms with Gasteiger partial charge in [-0.1, -0.05) is 6.08 Å². The molecule has 0 aromatic heterocycles. The Labute approximate surface area is 99.2 Å². The zero-order chi connectivity index (χ0) is 11.6. The molecule has 1 saturated carbocycles. The molecule has 0 spiro atoms. The van der Waals surface area contributed by atoms with E-state index in [1.807, 2.05) is 13.2 Å². The molecule has 0 amide bonds. The van der Waals surface area contributed by atoms with Crippen LogP contribution >= 0.6 is 0 Å². The van der Waals surface area contributed by atoms with Crippen LogP contribution in [0.4, 0.5) is 0 Å². The van der Waals surface area contributed by atoms with E-state index in [-0.39, 0.29) is 0 Å². The highest BCUT2D eigenvalue weighted by Crippen LogP contribution is 2.20. The zero-order valence-electron chi connectivity index (χ0n) is 10.4. The van der Waals surface area contributed by atoms with Gasteiger partial charge in [0.05, 0.1) is 19.3 Å². The van der Waals surface area contributed by atoms with Gasteiger partial charge in [-0.3, -0.25) is 0 Å². The van der Waals surface area contributed by atoms with Crippen LogP contribution < -0.4 is 5.32 Å². The van der Waals surface area contributed by atoms with Crippen molar-refractivity contribution in [2.24, 2.45) is 0 Å². The summed E-state index contributed by atoms with van der Waals surface area (Å²) in [6.07, 6.45) is 8.17. The molecular formula is C13H25NO2. The summed E-state index contributed by atoms with van der Waals surface area (Å²) in [6, 6.07) is 0.613. The van der Waals surface area contributed by atoms with Crippen molar-refractivity contribution < 1.29 is 9.47 Å². The first-order chi connectivity index (χ1) is 7.86. The molecule has 1 aliphatic carbocycles. The van der Waals surface area contributed by atoms with Gasteiger partial charge in [-0.05, 0) is 32.1 Å². The van der Waals surface area contributed by atoms with Gasteiger partial charge in [-0.2, -0.15) is 0 Å². The maximum Gasteiger partial charge on any atom is 0.0591 e. The van der Waals surface area contributed by atoms with Crippen LogP contribution in [0.3, 0.4) is 0 Å². The molecule has 0 aromatic rings. The summed E-state index contributed by atoms with van der Waals surface area (Å²) < 4.78 is 10.9.